The number of ether oxygens (including phenoxy) is 3. The molecule has 0 amide bonds. The summed E-state index contributed by atoms with van der Waals surface area (Å²) in [5, 5.41) is 0.389. The van der Waals surface area contributed by atoms with Crippen LogP contribution in [0.25, 0.3) is 11.0 Å². The number of hydrogen-bond acceptors (Lipinski definition) is 6. The third-order valence-electron chi connectivity index (χ3n) is 4.17. The van der Waals surface area contributed by atoms with Crippen LogP contribution < -0.4 is 19.8 Å². The normalized spacial score (nSPS) is 11.5. The predicted molar refractivity (Wildman–Crippen MR) is 117 cm³/mol. The second-order valence-electron chi connectivity index (χ2n) is 7.62. The number of rotatable bonds is 9. The first kappa shape index (κ1) is 23.3. The number of carbonyl (C=O) groups excluding carboxylic acids is 1. The molecular weight excluding hydrogens is 384 g/mol. The smallest absolute Gasteiger partial charge is 0.383 e. The number of carbonyl (C=O) groups is 1. The zero-order valence-electron chi connectivity index (χ0n) is 18.5. The van der Waals surface area contributed by atoms with Crippen LogP contribution in [0, 0.1) is 0 Å². The van der Waals surface area contributed by atoms with Gasteiger partial charge in [0, 0.05) is 6.92 Å². The first-order valence-electron chi connectivity index (χ1n) is 10.1. The van der Waals surface area contributed by atoms with E-state index in [0.29, 0.717) is 5.39 Å². The Morgan fingerprint density at radius 2 is 1.83 bits per heavy atom. The van der Waals surface area contributed by atoms with Crippen molar-refractivity contribution in [3.8, 4) is 17.2 Å². The summed E-state index contributed by atoms with van der Waals surface area (Å²) in [6.45, 7) is 11.3. The summed E-state index contributed by atoms with van der Waals surface area (Å²) < 4.78 is 22.4. The fourth-order valence-electron chi connectivity index (χ4n) is 2.84. The summed E-state index contributed by atoms with van der Waals surface area (Å²) in [7, 11) is 0. The standard InChI is InChI=1S/C24H30O6/c1-15(2)9-7-10-17(5)13-14-27-23-22(28-16(3)4)21-19(29-18(6)25)11-8-12-20(21)30-24(23)26/h8-9,11-13,16H,7,10,14H2,1-6H3. The molecule has 0 aliphatic heterocycles. The SMILES string of the molecule is CC(=O)Oc1cccc2oc(=O)c(OCC=C(C)CCC=C(C)C)c(OC(C)C)c12. The number of esters is 1. The Bertz CT molecular complexity index is 1010. The quantitative estimate of drug-likeness (QED) is 0.231. The van der Waals surface area contributed by atoms with Crippen molar-refractivity contribution >= 4 is 16.9 Å². The summed E-state index contributed by atoms with van der Waals surface area (Å²) in [5.41, 5.74) is 2.06. The molecule has 1 aromatic carbocycles. The Kier molecular flexibility index (Phi) is 8.27. The highest BCUT2D eigenvalue weighted by Gasteiger charge is 2.22. The van der Waals surface area contributed by atoms with E-state index < -0.39 is 11.6 Å². The molecule has 162 valence electrons. The predicted octanol–water partition coefficient (Wildman–Crippen LogP) is 5.58. The number of allylic oxidation sites excluding steroid dienone is 3. The Hall–Kier alpha value is -3.02. The van der Waals surface area contributed by atoms with Crippen molar-refractivity contribution < 1.29 is 23.4 Å². The van der Waals surface area contributed by atoms with Gasteiger partial charge in [-0.15, -0.1) is 0 Å². The number of hydrogen-bond donors (Lipinski definition) is 0. The number of fused-ring (bicyclic) bond motifs is 1. The average Bonchev–Trinajstić information content (AvgIpc) is 2.62. The molecule has 0 N–H and O–H groups in total. The van der Waals surface area contributed by atoms with Gasteiger partial charge in [0.2, 0.25) is 5.75 Å². The molecule has 6 heteroatoms. The summed E-state index contributed by atoms with van der Waals surface area (Å²) >= 11 is 0. The van der Waals surface area contributed by atoms with Gasteiger partial charge < -0.3 is 18.6 Å². The molecule has 2 rings (SSSR count). The lowest BCUT2D eigenvalue weighted by molar-refractivity contribution is -0.131. The molecule has 0 saturated heterocycles. The maximum Gasteiger partial charge on any atom is 0.383 e. The fourth-order valence-corrected chi connectivity index (χ4v) is 2.84. The van der Waals surface area contributed by atoms with Crippen molar-refractivity contribution in [1.29, 1.82) is 0 Å². The van der Waals surface area contributed by atoms with Crippen molar-refractivity contribution in [1.82, 2.24) is 0 Å². The molecule has 2 aromatic rings. The molecule has 0 aliphatic rings. The van der Waals surface area contributed by atoms with E-state index >= 15 is 0 Å². The van der Waals surface area contributed by atoms with Gasteiger partial charge in [0.25, 0.3) is 0 Å². The van der Waals surface area contributed by atoms with Crippen LogP contribution in [0.15, 0.2) is 50.7 Å². The first-order chi connectivity index (χ1) is 14.2. The van der Waals surface area contributed by atoms with Crippen LogP contribution in [0.5, 0.6) is 17.2 Å². The lowest BCUT2D eigenvalue weighted by Gasteiger charge is -2.17. The van der Waals surface area contributed by atoms with E-state index in [1.807, 2.05) is 26.8 Å². The van der Waals surface area contributed by atoms with Crippen molar-refractivity contribution in [2.24, 2.45) is 0 Å². The van der Waals surface area contributed by atoms with Gasteiger partial charge in [0.1, 0.15) is 23.3 Å². The lowest BCUT2D eigenvalue weighted by atomic mass is 10.1. The molecule has 0 radical (unpaired) electrons. The van der Waals surface area contributed by atoms with Crippen LogP contribution in [0.2, 0.25) is 0 Å². The van der Waals surface area contributed by atoms with Gasteiger partial charge >= 0.3 is 11.6 Å². The molecule has 30 heavy (non-hydrogen) atoms. The third-order valence-corrected chi connectivity index (χ3v) is 4.17. The summed E-state index contributed by atoms with van der Waals surface area (Å²) in [6, 6.07) is 4.88. The highest BCUT2D eigenvalue weighted by molar-refractivity contribution is 5.93. The van der Waals surface area contributed by atoms with E-state index in [4.69, 9.17) is 18.6 Å². The van der Waals surface area contributed by atoms with Crippen molar-refractivity contribution in [2.75, 3.05) is 6.61 Å². The molecule has 0 unspecified atom stereocenters. The largest absolute Gasteiger partial charge is 0.486 e. The fraction of sp³-hybridized carbons (Fsp3) is 0.417. The molecular formula is C24H30O6. The van der Waals surface area contributed by atoms with Crippen LogP contribution in [-0.2, 0) is 4.79 Å². The molecule has 1 heterocycles. The maximum atomic E-state index is 12.6. The van der Waals surface area contributed by atoms with Crippen LogP contribution in [0.4, 0.5) is 0 Å². The molecule has 0 aliphatic carbocycles. The third kappa shape index (κ3) is 6.51. The second-order valence-corrected chi connectivity index (χ2v) is 7.62. The van der Waals surface area contributed by atoms with E-state index in [2.05, 4.69) is 19.9 Å². The first-order valence-corrected chi connectivity index (χ1v) is 10.1. The van der Waals surface area contributed by atoms with Crippen LogP contribution in [0.3, 0.4) is 0 Å². The van der Waals surface area contributed by atoms with Crippen molar-refractivity contribution in [3.05, 3.63) is 51.9 Å². The lowest BCUT2D eigenvalue weighted by Crippen LogP contribution is -2.14. The topological polar surface area (TPSA) is 75.0 Å². The minimum absolute atomic E-state index is 0.0378. The Balaban J connectivity index is 2.40. The van der Waals surface area contributed by atoms with Crippen LogP contribution >= 0.6 is 0 Å². The summed E-state index contributed by atoms with van der Waals surface area (Å²) in [4.78, 5) is 24.1. The Morgan fingerprint density at radius 1 is 1.10 bits per heavy atom. The van der Waals surface area contributed by atoms with E-state index in [1.165, 1.54) is 12.5 Å². The minimum atomic E-state index is -0.645. The van der Waals surface area contributed by atoms with E-state index in [9.17, 15) is 9.59 Å². The Morgan fingerprint density at radius 3 is 2.47 bits per heavy atom. The average molecular weight is 414 g/mol. The van der Waals surface area contributed by atoms with E-state index in [1.54, 1.807) is 18.2 Å². The van der Waals surface area contributed by atoms with Gasteiger partial charge in [-0.3, -0.25) is 4.79 Å². The zero-order valence-corrected chi connectivity index (χ0v) is 18.5. The van der Waals surface area contributed by atoms with Crippen molar-refractivity contribution in [2.45, 2.75) is 60.5 Å². The molecule has 0 spiro atoms. The molecule has 0 fully saturated rings. The highest BCUT2D eigenvalue weighted by Crippen LogP contribution is 2.39. The minimum Gasteiger partial charge on any atom is -0.486 e. The van der Waals surface area contributed by atoms with Gasteiger partial charge in [0.15, 0.2) is 5.75 Å². The molecule has 0 bridgehead atoms. The van der Waals surface area contributed by atoms with E-state index in [-0.39, 0.29) is 35.5 Å². The van der Waals surface area contributed by atoms with E-state index in [0.717, 1.165) is 18.4 Å². The van der Waals surface area contributed by atoms with Crippen molar-refractivity contribution in [3.63, 3.8) is 0 Å². The van der Waals surface area contributed by atoms with Gasteiger partial charge in [-0.1, -0.05) is 23.3 Å². The molecule has 1 aromatic heterocycles. The summed E-state index contributed by atoms with van der Waals surface area (Å²) in [6.07, 6.45) is 5.74. The molecule has 6 nitrogen and oxygen atoms in total. The van der Waals surface area contributed by atoms with Crippen LogP contribution in [-0.4, -0.2) is 18.7 Å². The maximum absolute atomic E-state index is 12.6. The zero-order chi connectivity index (χ0) is 22.3. The van der Waals surface area contributed by atoms with Gasteiger partial charge in [-0.25, -0.2) is 4.79 Å². The van der Waals surface area contributed by atoms with Gasteiger partial charge in [-0.2, -0.15) is 0 Å². The summed E-state index contributed by atoms with van der Waals surface area (Å²) in [5.74, 6) is -0.0628. The number of benzene rings is 1. The van der Waals surface area contributed by atoms with Gasteiger partial charge in [0.05, 0.1) is 6.10 Å². The highest BCUT2D eigenvalue weighted by atomic mass is 16.5. The second kappa shape index (κ2) is 10.7. The monoisotopic (exact) mass is 414 g/mol. The molecule has 0 saturated carbocycles. The Labute approximate surface area is 177 Å². The molecule has 0 atom stereocenters. The van der Waals surface area contributed by atoms with Gasteiger partial charge in [-0.05, 0) is 65.7 Å². The van der Waals surface area contributed by atoms with Crippen LogP contribution in [0.1, 0.15) is 54.4 Å².